The molecule has 2 saturated carbocycles. The quantitative estimate of drug-likeness (QED) is 0.602. The number of carbonyl (C=O) groups excluding carboxylic acids is 1. The van der Waals surface area contributed by atoms with Crippen LogP contribution in [-0.4, -0.2) is 47.2 Å². The molecule has 28 heavy (non-hydrogen) atoms. The van der Waals surface area contributed by atoms with Gasteiger partial charge in [0.25, 0.3) is 0 Å². The van der Waals surface area contributed by atoms with Crippen molar-refractivity contribution in [1.82, 2.24) is 10.2 Å². The van der Waals surface area contributed by atoms with Gasteiger partial charge in [-0.2, -0.15) is 0 Å². The Balaban J connectivity index is 1.44. The molecule has 154 valence electrons. The number of anilines is 1. The molecule has 0 unspecified atom stereocenters. The predicted molar refractivity (Wildman–Crippen MR) is 111 cm³/mol. The van der Waals surface area contributed by atoms with E-state index in [4.69, 9.17) is 5.11 Å². The highest BCUT2D eigenvalue weighted by Gasteiger charge is 2.37. The molecule has 1 aromatic rings. The summed E-state index contributed by atoms with van der Waals surface area (Å²) < 4.78 is 0. The number of carboxylic acid groups (broad SMARTS) is 1. The Labute approximate surface area is 167 Å². The Bertz CT molecular complexity index is 691. The molecule has 0 aliphatic heterocycles. The minimum absolute atomic E-state index is 0.0978. The molecular formula is C22H33N3O3. The van der Waals surface area contributed by atoms with Gasteiger partial charge in [0, 0.05) is 24.3 Å². The zero-order valence-electron chi connectivity index (χ0n) is 17.2. The van der Waals surface area contributed by atoms with E-state index in [1.807, 2.05) is 12.1 Å². The monoisotopic (exact) mass is 387 g/mol. The van der Waals surface area contributed by atoms with Crippen molar-refractivity contribution in [3.63, 3.8) is 0 Å². The molecule has 0 spiro atoms. The number of amides is 2. The Morgan fingerprint density at radius 1 is 1.18 bits per heavy atom. The molecule has 0 bridgehead atoms. The van der Waals surface area contributed by atoms with E-state index >= 15 is 0 Å². The highest BCUT2D eigenvalue weighted by atomic mass is 16.4. The largest absolute Gasteiger partial charge is 0.480 e. The third-order valence-electron chi connectivity index (χ3n) is 6.30. The molecule has 2 aliphatic carbocycles. The van der Waals surface area contributed by atoms with Crippen molar-refractivity contribution in [2.45, 2.75) is 70.4 Å². The second-order valence-electron chi connectivity index (χ2n) is 9.00. The van der Waals surface area contributed by atoms with Crippen molar-refractivity contribution in [2.75, 3.05) is 18.4 Å². The second kappa shape index (κ2) is 8.52. The maximum absolute atomic E-state index is 12.3. The normalized spacial score (nSPS) is 21.9. The highest BCUT2D eigenvalue weighted by molar-refractivity contribution is 5.89. The molecule has 0 atom stereocenters. The van der Waals surface area contributed by atoms with Gasteiger partial charge in [-0.1, -0.05) is 32.9 Å². The van der Waals surface area contributed by atoms with Crippen molar-refractivity contribution in [2.24, 2.45) is 5.92 Å². The second-order valence-corrected chi connectivity index (χ2v) is 9.00. The van der Waals surface area contributed by atoms with Crippen molar-refractivity contribution >= 4 is 17.7 Å². The van der Waals surface area contributed by atoms with Crippen LogP contribution < -0.4 is 10.6 Å². The molecule has 3 N–H and O–H groups in total. The van der Waals surface area contributed by atoms with Crippen molar-refractivity contribution < 1.29 is 14.7 Å². The molecule has 6 heteroatoms. The van der Waals surface area contributed by atoms with Crippen LogP contribution in [0.15, 0.2) is 24.3 Å². The van der Waals surface area contributed by atoms with Crippen molar-refractivity contribution in [3.05, 3.63) is 29.8 Å². The summed E-state index contributed by atoms with van der Waals surface area (Å²) in [5.41, 5.74) is 2.17. The van der Waals surface area contributed by atoms with Crippen LogP contribution in [0.25, 0.3) is 0 Å². The fourth-order valence-electron chi connectivity index (χ4n) is 3.71. The SMILES string of the molecule is CCC(C)(C)c1ccc(NC(=O)NC2CC(N(CC(=O)O)CC3CC3)C2)cc1. The molecule has 0 heterocycles. The smallest absolute Gasteiger partial charge is 0.319 e. The Morgan fingerprint density at radius 3 is 2.36 bits per heavy atom. The molecule has 1 aromatic carbocycles. The average Bonchev–Trinajstić information content (AvgIpc) is 3.41. The van der Waals surface area contributed by atoms with E-state index in [1.54, 1.807) is 0 Å². The number of urea groups is 1. The average molecular weight is 388 g/mol. The molecule has 2 fully saturated rings. The van der Waals surface area contributed by atoms with Gasteiger partial charge in [0.1, 0.15) is 0 Å². The first-order chi connectivity index (χ1) is 13.3. The molecule has 2 amide bonds. The fourth-order valence-corrected chi connectivity index (χ4v) is 3.71. The lowest BCUT2D eigenvalue weighted by Gasteiger charge is -2.42. The number of hydrogen-bond donors (Lipinski definition) is 3. The van der Waals surface area contributed by atoms with E-state index in [1.165, 1.54) is 18.4 Å². The number of carboxylic acids is 1. The maximum atomic E-state index is 12.3. The van der Waals surface area contributed by atoms with Crippen LogP contribution >= 0.6 is 0 Å². The van der Waals surface area contributed by atoms with Crippen LogP contribution in [0.4, 0.5) is 10.5 Å². The molecule has 0 radical (unpaired) electrons. The van der Waals surface area contributed by atoms with E-state index in [9.17, 15) is 9.59 Å². The number of nitrogens with one attached hydrogen (secondary N) is 2. The van der Waals surface area contributed by atoms with Gasteiger partial charge < -0.3 is 15.7 Å². The van der Waals surface area contributed by atoms with Crippen LogP contribution in [0, 0.1) is 5.92 Å². The Kier molecular flexibility index (Phi) is 6.28. The van der Waals surface area contributed by atoms with Crippen LogP contribution in [0.1, 0.15) is 58.4 Å². The summed E-state index contributed by atoms with van der Waals surface area (Å²) >= 11 is 0. The lowest BCUT2D eigenvalue weighted by molar-refractivity contribution is -0.139. The lowest BCUT2D eigenvalue weighted by Crippen LogP contribution is -2.55. The maximum Gasteiger partial charge on any atom is 0.319 e. The topological polar surface area (TPSA) is 81.7 Å². The van der Waals surface area contributed by atoms with Crippen LogP contribution in [0.5, 0.6) is 0 Å². The van der Waals surface area contributed by atoms with E-state index in [0.29, 0.717) is 5.92 Å². The number of benzene rings is 1. The van der Waals surface area contributed by atoms with Crippen LogP contribution in [-0.2, 0) is 10.2 Å². The van der Waals surface area contributed by atoms with Gasteiger partial charge in [0.15, 0.2) is 0 Å². The highest BCUT2D eigenvalue weighted by Crippen LogP contribution is 2.34. The predicted octanol–water partition coefficient (Wildman–Crippen LogP) is 3.82. The summed E-state index contributed by atoms with van der Waals surface area (Å²) in [6.45, 7) is 7.57. The van der Waals surface area contributed by atoms with E-state index in [0.717, 1.165) is 31.5 Å². The molecule has 6 nitrogen and oxygen atoms in total. The van der Waals surface area contributed by atoms with Gasteiger partial charge in [-0.3, -0.25) is 9.69 Å². The minimum Gasteiger partial charge on any atom is -0.480 e. The number of hydrogen-bond acceptors (Lipinski definition) is 3. The Hall–Kier alpha value is -2.08. The molecule has 0 aromatic heterocycles. The zero-order valence-corrected chi connectivity index (χ0v) is 17.2. The van der Waals surface area contributed by atoms with Crippen LogP contribution in [0.3, 0.4) is 0 Å². The zero-order chi connectivity index (χ0) is 20.3. The van der Waals surface area contributed by atoms with Crippen molar-refractivity contribution in [3.8, 4) is 0 Å². The molecular weight excluding hydrogens is 354 g/mol. The molecule has 3 rings (SSSR count). The third kappa shape index (κ3) is 5.47. The van der Waals surface area contributed by atoms with E-state index in [2.05, 4.69) is 48.4 Å². The van der Waals surface area contributed by atoms with Gasteiger partial charge in [-0.05, 0) is 61.1 Å². The molecule has 0 saturated heterocycles. The van der Waals surface area contributed by atoms with Crippen molar-refractivity contribution in [1.29, 1.82) is 0 Å². The van der Waals surface area contributed by atoms with Crippen LogP contribution in [0.2, 0.25) is 0 Å². The standard InChI is InChI=1S/C22H33N3O3/c1-4-22(2,3)16-7-9-17(10-8-16)23-21(28)24-18-11-19(12-18)25(14-20(26)27)13-15-5-6-15/h7-10,15,18-19H,4-6,11-14H2,1-3H3,(H,26,27)(H2,23,24,28). The summed E-state index contributed by atoms with van der Waals surface area (Å²) in [7, 11) is 0. The van der Waals surface area contributed by atoms with E-state index in [-0.39, 0.29) is 30.1 Å². The fraction of sp³-hybridized carbons (Fsp3) is 0.636. The van der Waals surface area contributed by atoms with Gasteiger partial charge >= 0.3 is 12.0 Å². The van der Waals surface area contributed by atoms with Gasteiger partial charge in [0.05, 0.1) is 6.54 Å². The Morgan fingerprint density at radius 2 is 1.82 bits per heavy atom. The summed E-state index contributed by atoms with van der Waals surface area (Å²) in [6, 6.07) is 8.20. The minimum atomic E-state index is -0.774. The number of aliphatic carboxylic acids is 1. The van der Waals surface area contributed by atoms with Gasteiger partial charge in [-0.25, -0.2) is 4.79 Å². The van der Waals surface area contributed by atoms with E-state index < -0.39 is 5.97 Å². The first-order valence-corrected chi connectivity index (χ1v) is 10.4. The summed E-state index contributed by atoms with van der Waals surface area (Å²) in [5.74, 6) is -0.111. The molecule has 2 aliphatic rings. The number of nitrogens with zero attached hydrogens (tertiary/aromatic N) is 1. The van der Waals surface area contributed by atoms with Gasteiger partial charge in [0.2, 0.25) is 0 Å². The summed E-state index contributed by atoms with van der Waals surface area (Å²) in [6.07, 6.45) is 5.11. The first-order valence-electron chi connectivity index (χ1n) is 10.4. The van der Waals surface area contributed by atoms with Gasteiger partial charge in [-0.15, -0.1) is 0 Å². The lowest BCUT2D eigenvalue weighted by atomic mass is 9.82. The third-order valence-corrected chi connectivity index (χ3v) is 6.30. The number of carbonyl (C=O) groups is 2. The summed E-state index contributed by atoms with van der Waals surface area (Å²) in [5, 5.41) is 15.0. The first kappa shape index (κ1) is 20.6. The number of rotatable bonds is 9. The summed E-state index contributed by atoms with van der Waals surface area (Å²) in [4.78, 5) is 25.4.